The Balaban J connectivity index is 1.49. The van der Waals surface area contributed by atoms with Gasteiger partial charge in [0.2, 0.25) is 5.91 Å². The quantitative estimate of drug-likeness (QED) is 0.854. The number of amides is 1. The molecule has 0 spiro atoms. The molecule has 1 aliphatic carbocycles. The van der Waals surface area contributed by atoms with Crippen LogP contribution in [0.2, 0.25) is 0 Å². The second-order valence-corrected chi connectivity index (χ2v) is 6.69. The van der Waals surface area contributed by atoms with Crippen LogP contribution in [-0.4, -0.2) is 32.9 Å². The minimum Gasteiger partial charge on any atom is -0.353 e. The number of nitrogens with zero attached hydrogens (tertiary/aromatic N) is 3. The van der Waals surface area contributed by atoms with Crippen molar-refractivity contribution in [3.05, 3.63) is 36.7 Å². The van der Waals surface area contributed by atoms with Gasteiger partial charge in [-0.25, -0.2) is 0 Å². The zero-order valence-corrected chi connectivity index (χ0v) is 13.8. The summed E-state index contributed by atoms with van der Waals surface area (Å²) >= 11 is 1.42. The monoisotopic (exact) mass is 328 g/mol. The fourth-order valence-electron chi connectivity index (χ4n) is 2.72. The number of nitrogens with one attached hydrogen (secondary N) is 1. The standard InChI is InChI=1S/C17H20N4OS/c22-16(19-14-6-2-1-3-7-14)12-23-17-9-8-15(20-21-17)13-5-4-10-18-11-13/h4-5,8-11,14H,1-3,6-7,12H2,(H,19,22). The number of thioether (sulfide) groups is 1. The van der Waals surface area contributed by atoms with E-state index >= 15 is 0 Å². The van der Waals surface area contributed by atoms with Crippen molar-refractivity contribution in [2.75, 3.05) is 5.75 Å². The first-order valence-electron chi connectivity index (χ1n) is 7.97. The number of hydrogen-bond acceptors (Lipinski definition) is 5. The number of carbonyl (C=O) groups excluding carboxylic acids is 1. The molecule has 0 bridgehead atoms. The van der Waals surface area contributed by atoms with E-state index in [-0.39, 0.29) is 5.91 Å². The second-order valence-electron chi connectivity index (χ2n) is 5.69. The molecule has 0 aliphatic heterocycles. The van der Waals surface area contributed by atoms with Gasteiger partial charge in [0.05, 0.1) is 11.4 Å². The highest BCUT2D eigenvalue weighted by Crippen LogP contribution is 2.20. The molecule has 120 valence electrons. The molecule has 1 saturated carbocycles. The molecule has 1 fully saturated rings. The Morgan fingerprint density at radius 1 is 1.17 bits per heavy atom. The normalized spacial score (nSPS) is 15.3. The largest absolute Gasteiger partial charge is 0.353 e. The lowest BCUT2D eigenvalue weighted by Gasteiger charge is -2.22. The van der Waals surface area contributed by atoms with Crippen molar-refractivity contribution in [1.82, 2.24) is 20.5 Å². The summed E-state index contributed by atoms with van der Waals surface area (Å²) < 4.78 is 0. The Morgan fingerprint density at radius 2 is 2.04 bits per heavy atom. The van der Waals surface area contributed by atoms with Gasteiger partial charge < -0.3 is 5.32 Å². The summed E-state index contributed by atoms with van der Waals surface area (Å²) in [5.41, 5.74) is 1.72. The molecule has 1 amide bonds. The maximum absolute atomic E-state index is 12.0. The van der Waals surface area contributed by atoms with Gasteiger partial charge in [-0.3, -0.25) is 9.78 Å². The molecule has 2 heterocycles. The van der Waals surface area contributed by atoms with Gasteiger partial charge in [-0.1, -0.05) is 31.0 Å². The van der Waals surface area contributed by atoms with E-state index in [0.717, 1.165) is 29.1 Å². The van der Waals surface area contributed by atoms with Crippen LogP contribution in [0.1, 0.15) is 32.1 Å². The summed E-state index contributed by atoms with van der Waals surface area (Å²) in [5, 5.41) is 12.2. The summed E-state index contributed by atoms with van der Waals surface area (Å²) in [7, 11) is 0. The van der Waals surface area contributed by atoms with Crippen LogP contribution >= 0.6 is 11.8 Å². The Kier molecular flexibility index (Phi) is 5.58. The van der Waals surface area contributed by atoms with Crippen LogP contribution in [-0.2, 0) is 4.79 Å². The van der Waals surface area contributed by atoms with E-state index in [2.05, 4.69) is 20.5 Å². The van der Waals surface area contributed by atoms with E-state index in [1.807, 2.05) is 24.3 Å². The first-order valence-corrected chi connectivity index (χ1v) is 8.96. The predicted molar refractivity (Wildman–Crippen MR) is 91.0 cm³/mol. The molecule has 5 nitrogen and oxygen atoms in total. The molecular formula is C17H20N4OS. The molecule has 1 N–H and O–H groups in total. The van der Waals surface area contributed by atoms with Crippen LogP contribution in [0.25, 0.3) is 11.3 Å². The van der Waals surface area contributed by atoms with E-state index < -0.39 is 0 Å². The van der Waals surface area contributed by atoms with Gasteiger partial charge in [0, 0.05) is 24.0 Å². The van der Waals surface area contributed by atoms with E-state index in [0.29, 0.717) is 11.8 Å². The van der Waals surface area contributed by atoms with Gasteiger partial charge in [-0.15, -0.1) is 10.2 Å². The van der Waals surface area contributed by atoms with Crippen LogP contribution in [0, 0.1) is 0 Å². The van der Waals surface area contributed by atoms with Crippen molar-refractivity contribution in [2.45, 2.75) is 43.2 Å². The number of hydrogen-bond donors (Lipinski definition) is 1. The first kappa shape index (κ1) is 15.9. The van der Waals surface area contributed by atoms with Crippen molar-refractivity contribution in [3.63, 3.8) is 0 Å². The van der Waals surface area contributed by atoms with Crippen molar-refractivity contribution in [2.24, 2.45) is 0 Å². The molecular weight excluding hydrogens is 308 g/mol. The lowest BCUT2D eigenvalue weighted by molar-refractivity contribution is -0.119. The van der Waals surface area contributed by atoms with Crippen LogP contribution in [0.15, 0.2) is 41.7 Å². The minimum atomic E-state index is 0.0834. The van der Waals surface area contributed by atoms with Crippen LogP contribution in [0.5, 0.6) is 0 Å². The summed E-state index contributed by atoms with van der Waals surface area (Å²) in [5.74, 6) is 0.470. The number of pyridine rings is 1. The number of rotatable bonds is 5. The third-order valence-corrected chi connectivity index (χ3v) is 4.84. The smallest absolute Gasteiger partial charge is 0.230 e. The lowest BCUT2D eigenvalue weighted by Crippen LogP contribution is -2.37. The van der Waals surface area contributed by atoms with Gasteiger partial charge in [-0.05, 0) is 37.1 Å². The lowest BCUT2D eigenvalue weighted by atomic mass is 9.95. The Bertz CT molecular complexity index is 627. The van der Waals surface area contributed by atoms with Crippen LogP contribution in [0.3, 0.4) is 0 Å². The number of carbonyl (C=O) groups is 1. The van der Waals surface area contributed by atoms with Gasteiger partial charge in [0.25, 0.3) is 0 Å². The average molecular weight is 328 g/mol. The summed E-state index contributed by atoms with van der Waals surface area (Å²) in [6.45, 7) is 0. The van der Waals surface area contributed by atoms with Gasteiger partial charge >= 0.3 is 0 Å². The van der Waals surface area contributed by atoms with Crippen molar-refractivity contribution in [3.8, 4) is 11.3 Å². The van der Waals surface area contributed by atoms with Gasteiger partial charge in [-0.2, -0.15) is 0 Å². The molecule has 3 rings (SSSR count). The summed E-state index contributed by atoms with van der Waals surface area (Å²) in [6, 6.07) is 7.98. The number of aromatic nitrogens is 3. The Labute approximate surface area is 140 Å². The van der Waals surface area contributed by atoms with Crippen molar-refractivity contribution < 1.29 is 4.79 Å². The highest BCUT2D eigenvalue weighted by Gasteiger charge is 2.15. The molecule has 0 aromatic carbocycles. The zero-order valence-electron chi connectivity index (χ0n) is 12.9. The summed E-state index contributed by atoms with van der Waals surface area (Å²) in [4.78, 5) is 16.1. The van der Waals surface area contributed by atoms with E-state index in [1.165, 1.54) is 31.0 Å². The molecule has 6 heteroatoms. The fourth-order valence-corrected chi connectivity index (χ4v) is 3.35. The summed E-state index contributed by atoms with van der Waals surface area (Å²) in [6.07, 6.45) is 9.44. The van der Waals surface area contributed by atoms with E-state index in [4.69, 9.17) is 0 Å². The third-order valence-electron chi connectivity index (χ3n) is 3.92. The Hall–Kier alpha value is -1.95. The molecule has 0 radical (unpaired) electrons. The molecule has 0 saturated heterocycles. The third kappa shape index (κ3) is 4.76. The minimum absolute atomic E-state index is 0.0834. The Morgan fingerprint density at radius 3 is 2.74 bits per heavy atom. The van der Waals surface area contributed by atoms with Crippen molar-refractivity contribution in [1.29, 1.82) is 0 Å². The average Bonchev–Trinajstić information content (AvgIpc) is 2.62. The maximum atomic E-state index is 12.0. The predicted octanol–water partition coefficient (Wildman–Crippen LogP) is 3.08. The van der Waals surface area contributed by atoms with Crippen LogP contribution in [0.4, 0.5) is 0 Å². The molecule has 23 heavy (non-hydrogen) atoms. The molecule has 0 unspecified atom stereocenters. The van der Waals surface area contributed by atoms with E-state index in [1.54, 1.807) is 12.4 Å². The molecule has 2 aromatic rings. The van der Waals surface area contributed by atoms with E-state index in [9.17, 15) is 4.79 Å². The van der Waals surface area contributed by atoms with Crippen molar-refractivity contribution >= 4 is 17.7 Å². The first-order chi connectivity index (χ1) is 11.3. The molecule has 0 atom stereocenters. The topological polar surface area (TPSA) is 67.8 Å². The zero-order chi connectivity index (χ0) is 15.9. The van der Waals surface area contributed by atoms with Gasteiger partial charge in [0.1, 0.15) is 5.03 Å². The maximum Gasteiger partial charge on any atom is 0.230 e. The highest BCUT2D eigenvalue weighted by molar-refractivity contribution is 7.99. The fraction of sp³-hybridized carbons (Fsp3) is 0.412. The van der Waals surface area contributed by atoms with Crippen LogP contribution < -0.4 is 5.32 Å². The molecule has 1 aliphatic rings. The SMILES string of the molecule is O=C(CSc1ccc(-c2cccnc2)nn1)NC1CCCCC1. The highest BCUT2D eigenvalue weighted by atomic mass is 32.2. The second kappa shape index (κ2) is 8.06. The van der Waals surface area contributed by atoms with Gasteiger partial charge in [0.15, 0.2) is 0 Å². The molecule has 2 aromatic heterocycles.